The molecule has 6 heavy (non-hydrogen) atoms. The van der Waals surface area contributed by atoms with E-state index in [-0.39, 0.29) is 0 Å². The maximum absolute atomic E-state index is 9.55. The van der Waals surface area contributed by atoms with Crippen molar-refractivity contribution in [3.05, 3.63) is 0 Å². The summed E-state index contributed by atoms with van der Waals surface area (Å²) in [4.78, 5) is 9.55. The van der Waals surface area contributed by atoms with Crippen molar-refractivity contribution in [3.8, 4) is 0 Å². The van der Waals surface area contributed by atoms with Gasteiger partial charge in [0.2, 0.25) is 0 Å². The average molecular weight is 124 g/mol. The van der Waals surface area contributed by atoms with Crippen LogP contribution in [-0.2, 0) is 4.79 Å². The standard InChI is InChI=1S/C2H4O2S2/c3-1(4)2(5)6/h2,5-6H,(H,3,4). The van der Waals surface area contributed by atoms with Crippen molar-refractivity contribution in [1.29, 1.82) is 0 Å². The highest BCUT2D eigenvalue weighted by Gasteiger charge is 2.01. The van der Waals surface area contributed by atoms with Crippen LogP contribution >= 0.6 is 25.3 Å². The molecule has 0 bridgehead atoms. The molecule has 4 heteroatoms. The van der Waals surface area contributed by atoms with Crippen LogP contribution in [0.15, 0.2) is 0 Å². The summed E-state index contributed by atoms with van der Waals surface area (Å²) in [5, 5.41) is 7.84. The van der Waals surface area contributed by atoms with E-state index in [9.17, 15) is 4.79 Å². The highest BCUT2D eigenvalue weighted by atomic mass is 32.2. The minimum absolute atomic E-state index is 0.843. The molecule has 0 aliphatic heterocycles. The highest BCUT2D eigenvalue weighted by molar-refractivity contribution is 8.00. The van der Waals surface area contributed by atoms with Gasteiger partial charge in [0.1, 0.15) is 4.58 Å². The maximum atomic E-state index is 9.55. The van der Waals surface area contributed by atoms with Crippen molar-refractivity contribution in [2.24, 2.45) is 0 Å². The van der Waals surface area contributed by atoms with Crippen LogP contribution in [0.2, 0.25) is 0 Å². The second-order valence-electron chi connectivity index (χ2n) is 0.712. The van der Waals surface area contributed by atoms with Crippen molar-refractivity contribution < 1.29 is 9.90 Å². The summed E-state index contributed by atoms with van der Waals surface area (Å²) >= 11 is 6.92. The first-order valence-electron chi connectivity index (χ1n) is 1.23. The van der Waals surface area contributed by atoms with Gasteiger partial charge >= 0.3 is 5.97 Å². The third-order valence-corrected chi connectivity index (χ3v) is 0.663. The smallest absolute Gasteiger partial charge is 0.326 e. The molecule has 0 heterocycles. The van der Waals surface area contributed by atoms with Gasteiger partial charge in [-0.2, -0.15) is 25.3 Å². The van der Waals surface area contributed by atoms with Crippen LogP contribution in [0, 0.1) is 0 Å². The second kappa shape index (κ2) is 2.36. The van der Waals surface area contributed by atoms with Gasteiger partial charge in [-0.25, -0.2) is 0 Å². The molecule has 0 amide bonds. The zero-order valence-corrected chi connectivity index (χ0v) is 4.62. The molecule has 1 N–H and O–H groups in total. The number of hydrogen-bond donors (Lipinski definition) is 3. The lowest BCUT2D eigenvalue weighted by Crippen LogP contribution is -2.04. The van der Waals surface area contributed by atoms with Crippen molar-refractivity contribution in [2.45, 2.75) is 4.58 Å². The number of carboxylic acids is 1. The SMILES string of the molecule is O=C(O)C(S)S. The summed E-state index contributed by atoms with van der Waals surface area (Å²) in [5.74, 6) is -1.01. The summed E-state index contributed by atoms with van der Waals surface area (Å²) in [6.07, 6.45) is 0. The molecule has 0 aliphatic rings. The minimum atomic E-state index is -1.01. The molecule has 0 radical (unpaired) electrons. The quantitative estimate of drug-likeness (QED) is 0.346. The van der Waals surface area contributed by atoms with E-state index in [0.29, 0.717) is 0 Å². The Balaban J connectivity index is 3.26. The molecular formula is C2H4O2S2. The van der Waals surface area contributed by atoms with E-state index >= 15 is 0 Å². The molecule has 0 saturated heterocycles. The molecule has 0 fully saturated rings. The molecule has 2 nitrogen and oxygen atoms in total. The van der Waals surface area contributed by atoms with Crippen LogP contribution in [0.3, 0.4) is 0 Å². The summed E-state index contributed by atoms with van der Waals surface area (Å²) < 4.78 is -0.843. The topological polar surface area (TPSA) is 37.3 Å². The molecule has 0 rings (SSSR count). The van der Waals surface area contributed by atoms with E-state index in [2.05, 4.69) is 25.3 Å². The van der Waals surface area contributed by atoms with E-state index in [4.69, 9.17) is 5.11 Å². The largest absolute Gasteiger partial charge is 0.480 e. The van der Waals surface area contributed by atoms with Crippen LogP contribution in [0.5, 0.6) is 0 Å². The Morgan fingerprint density at radius 3 is 1.83 bits per heavy atom. The van der Waals surface area contributed by atoms with Gasteiger partial charge in [-0.15, -0.1) is 0 Å². The third kappa shape index (κ3) is 2.41. The van der Waals surface area contributed by atoms with E-state index in [1.807, 2.05) is 0 Å². The monoisotopic (exact) mass is 124 g/mol. The molecular weight excluding hydrogens is 120 g/mol. The minimum Gasteiger partial charge on any atom is -0.480 e. The van der Waals surface area contributed by atoms with Gasteiger partial charge in [0.15, 0.2) is 0 Å². The number of rotatable bonds is 1. The first kappa shape index (κ1) is 6.17. The van der Waals surface area contributed by atoms with Crippen LogP contribution in [0.4, 0.5) is 0 Å². The number of hydrogen-bond acceptors (Lipinski definition) is 3. The Morgan fingerprint density at radius 1 is 1.67 bits per heavy atom. The van der Waals surface area contributed by atoms with E-state index in [1.165, 1.54) is 0 Å². The molecule has 0 saturated carbocycles. The van der Waals surface area contributed by atoms with Gasteiger partial charge in [-0.3, -0.25) is 4.79 Å². The molecule has 0 spiro atoms. The van der Waals surface area contributed by atoms with Crippen LogP contribution < -0.4 is 0 Å². The molecule has 0 unspecified atom stereocenters. The molecule has 36 valence electrons. The first-order valence-corrected chi connectivity index (χ1v) is 2.27. The summed E-state index contributed by atoms with van der Waals surface area (Å²) in [6, 6.07) is 0. The maximum Gasteiger partial charge on any atom is 0.326 e. The average Bonchev–Trinajstić information content (AvgIpc) is 1.36. The molecule has 0 aliphatic carbocycles. The fourth-order valence-electron chi connectivity index (χ4n) is 0. The van der Waals surface area contributed by atoms with Crippen molar-refractivity contribution in [3.63, 3.8) is 0 Å². The lowest BCUT2D eigenvalue weighted by Gasteiger charge is -1.87. The Bertz CT molecular complexity index is 60.6. The lowest BCUT2D eigenvalue weighted by atomic mass is 10.8. The van der Waals surface area contributed by atoms with Gasteiger partial charge in [0.05, 0.1) is 0 Å². The Morgan fingerprint density at radius 2 is 1.83 bits per heavy atom. The second-order valence-corrected chi connectivity index (χ2v) is 2.15. The van der Waals surface area contributed by atoms with Crippen LogP contribution in [0.1, 0.15) is 0 Å². The molecule has 0 aromatic carbocycles. The number of thiol groups is 2. The summed E-state index contributed by atoms with van der Waals surface area (Å²) in [7, 11) is 0. The van der Waals surface area contributed by atoms with Gasteiger partial charge < -0.3 is 5.11 Å². The highest BCUT2D eigenvalue weighted by Crippen LogP contribution is 1.96. The first-order chi connectivity index (χ1) is 2.64. The van der Waals surface area contributed by atoms with Gasteiger partial charge in [0, 0.05) is 0 Å². The fourth-order valence-corrected chi connectivity index (χ4v) is 0. The van der Waals surface area contributed by atoms with Gasteiger partial charge in [-0.1, -0.05) is 0 Å². The third-order valence-electron chi connectivity index (χ3n) is 0.221. The van der Waals surface area contributed by atoms with E-state index in [0.717, 1.165) is 0 Å². The van der Waals surface area contributed by atoms with Gasteiger partial charge in [-0.05, 0) is 0 Å². The lowest BCUT2D eigenvalue weighted by molar-refractivity contribution is -0.134. The molecule has 0 aromatic heterocycles. The van der Waals surface area contributed by atoms with Crippen molar-refractivity contribution >= 4 is 31.2 Å². The molecule has 0 aromatic rings. The molecule has 0 atom stereocenters. The van der Waals surface area contributed by atoms with Crippen molar-refractivity contribution in [2.75, 3.05) is 0 Å². The van der Waals surface area contributed by atoms with Crippen molar-refractivity contribution in [1.82, 2.24) is 0 Å². The van der Waals surface area contributed by atoms with Crippen LogP contribution in [0.25, 0.3) is 0 Å². The van der Waals surface area contributed by atoms with E-state index < -0.39 is 10.6 Å². The predicted molar refractivity (Wildman–Crippen MR) is 29.4 cm³/mol. The zero-order chi connectivity index (χ0) is 5.15. The van der Waals surface area contributed by atoms with Gasteiger partial charge in [0.25, 0.3) is 0 Å². The Labute approximate surface area is 46.4 Å². The fraction of sp³-hybridized carbons (Fsp3) is 0.500. The number of carboxylic acid groups (broad SMARTS) is 1. The predicted octanol–water partition coefficient (Wildman–Crippen LogP) is 0.257. The Hall–Kier alpha value is 0.170. The summed E-state index contributed by atoms with van der Waals surface area (Å²) in [5.41, 5.74) is 0. The normalized spacial score (nSPS) is 9.17. The zero-order valence-electron chi connectivity index (χ0n) is 2.83. The van der Waals surface area contributed by atoms with E-state index in [1.54, 1.807) is 0 Å². The Kier molecular flexibility index (Phi) is 2.43. The summed E-state index contributed by atoms with van der Waals surface area (Å²) in [6.45, 7) is 0. The van der Waals surface area contributed by atoms with Crippen LogP contribution in [-0.4, -0.2) is 15.7 Å². The number of aliphatic carboxylic acids is 1. The number of carbonyl (C=O) groups is 1.